The molecule has 2 rings (SSSR count). The van der Waals surface area contributed by atoms with Gasteiger partial charge in [-0.2, -0.15) is 0 Å². The third-order valence-corrected chi connectivity index (χ3v) is 2.34. The maximum atomic E-state index is 11.0. The molecule has 0 aliphatic rings. The van der Waals surface area contributed by atoms with E-state index in [2.05, 4.69) is 25.7 Å². The Kier molecular flexibility index (Phi) is 3.68. The van der Waals surface area contributed by atoms with E-state index in [1.54, 1.807) is 12.1 Å². The lowest BCUT2D eigenvalue weighted by atomic mass is 10.4. The Morgan fingerprint density at radius 3 is 2.58 bits per heavy atom. The van der Waals surface area contributed by atoms with Gasteiger partial charge in [-0.15, -0.1) is 0 Å². The van der Waals surface area contributed by atoms with Gasteiger partial charge in [-0.25, -0.2) is 20.8 Å². The first-order chi connectivity index (χ1) is 9.11. The van der Waals surface area contributed by atoms with Gasteiger partial charge in [0, 0.05) is 6.20 Å². The highest BCUT2D eigenvalue weighted by atomic mass is 35.5. The Labute approximate surface area is 112 Å². The van der Waals surface area contributed by atoms with Crippen LogP contribution in [-0.2, 0) is 0 Å². The van der Waals surface area contributed by atoms with Crippen molar-refractivity contribution < 1.29 is 4.92 Å². The van der Waals surface area contributed by atoms with E-state index in [0.29, 0.717) is 10.8 Å². The van der Waals surface area contributed by atoms with Gasteiger partial charge in [-0.3, -0.25) is 10.1 Å². The number of hydrazine groups is 1. The third-order valence-electron chi connectivity index (χ3n) is 2.12. The maximum Gasteiger partial charge on any atom is 0.354 e. The molecule has 0 unspecified atom stereocenters. The Morgan fingerprint density at radius 1 is 1.26 bits per heavy atom. The van der Waals surface area contributed by atoms with Crippen molar-refractivity contribution in [2.45, 2.75) is 0 Å². The van der Waals surface area contributed by atoms with Crippen molar-refractivity contribution >= 4 is 34.7 Å². The lowest BCUT2D eigenvalue weighted by molar-refractivity contribution is -0.383. The first-order valence-corrected chi connectivity index (χ1v) is 5.34. The summed E-state index contributed by atoms with van der Waals surface area (Å²) in [6.45, 7) is 0. The van der Waals surface area contributed by atoms with Crippen LogP contribution in [0, 0.1) is 10.1 Å². The summed E-state index contributed by atoms with van der Waals surface area (Å²) in [6, 6.07) is 3.15. The average Bonchev–Trinajstić information content (AvgIpc) is 2.40. The van der Waals surface area contributed by atoms with E-state index in [4.69, 9.17) is 17.4 Å². The number of nitrogen functional groups attached to an aromatic ring is 1. The molecule has 0 amide bonds. The van der Waals surface area contributed by atoms with E-state index in [1.165, 1.54) is 6.20 Å². The van der Waals surface area contributed by atoms with Crippen LogP contribution in [0.5, 0.6) is 0 Å². The quantitative estimate of drug-likeness (QED) is 0.436. The predicted molar refractivity (Wildman–Crippen MR) is 69.0 cm³/mol. The SMILES string of the molecule is NNc1ncnc(Nc2ccc(Cl)cn2)c1[N+](=O)[O-]. The molecule has 2 aromatic heterocycles. The van der Waals surface area contributed by atoms with Gasteiger partial charge in [-0.05, 0) is 12.1 Å². The summed E-state index contributed by atoms with van der Waals surface area (Å²) >= 11 is 5.69. The average molecular weight is 282 g/mol. The Morgan fingerprint density at radius 2 is 2.00 bits per heavy atom. The molecule has 19 heavy (non-hydrogen) atoms. The van der Waals surface area contributed by atoms with Crippen LogP contribution in [0.4, 0.5) is 23.1 Å². The van der Waals surface area contributed by atoms with Crippen molar-refractivity contribution in [2.75, 3.05) is 10.7 Å². The number of halogens is 1. The molecule has 0 aromatic carbocycles. The number of nitrogens with zero attached hydrogens (tertiary/aromatic N) is 4. The normalized spacial score (nSPS) is 10.0. The van der Waals surface area contributed by atoms with Crippen LogP contribution in [0.2, 0.25) is 5.02 Å². The van der Waals surface area contributed by atoms with Crippen molar-refractivity contribution in [1.29, 1.82) is 0 Å². The van der Waals surface area contributed by atoms with Crippen LogP contribution in [0.1, 0.15) is 0 Å². The zero-order chi connectivity index (χ0) is 13.8. The number of nitrogens with two attached hydrogens (primary N) is 1. The standard InChI is InChI=1S/C9H8ClN7O2/c10-5-1-2-6(12-3-5)15-8-7(17(18)19)9(16-11)14-4-13-8/h1-4H,11H2,(H2,12,13,14,15,16). The van der Waals surface area contributed by atoms with Crippen LogP contribution in [0.3, 0.4) is 0 Å². The molecule has 0 fully saturated rings. The zero-order valence-corrected chi connectivity index (χ0v) is 10.1. The Balaban J connectivity index is 2.39. The lowest BCUT2D eigenvalue weighted by Gasteiger charge is -2.07. The van der Waals surface area contributed by atoms with Crippen molar-refractivity contribution in [2.24, 2.45) is 5.84 Å². The molecule has 0 aliphatic carbocycles. The molecule has 0 atom stereocenters. The Hall–Kier alpha value is -2.52. The van der Waals surface area contributed by atoms with E-state index in [-0.39, 0.29) is 17.3 Å². The minimum atomic E-state index is -0.645. The van der Waals surface area contributed by atoms with Crippen molar-refractivity contribution in [3.63, 3.8) is 0 Å². The number of rotatable bonds is 4. The van der Waals surface area contributed by atoms with E-state index in [9.17, 15) is 10.1 Å². The lowest BCUT2D eigenvalue weighted by Crippen LogP contribution is -2.13. The van der Waals surface area contributed by atoms with Crippen LogP contribution >= 0.6 is 11.6 Å². The predicted octanol–water partition coefficient (Wildman–Crippen LogP) is 1.46. The number of hydrogen-bond donors (Lipinski definition) is 3. The van der Waals surface area contributed by atoms with Crippen LogP contribution in [-0.4, -0.2) is 19.9 Å². The highest BCUT2D eigenvalue weighted by Gasteiger charge is 2.22. The van der Waals surface area contributed by atoms with E-state index in [0.717, 1.165) is 6.33 Å². The monoisotopic (exact) mass is 281 g/mol. The van der Waals surface area contributed by atoms with Gasteiger partial charge in [0.15, 0.2) is 0 Å². The molecule has 0 bridgehead atoms. The molecule has 2 heterocycles. The van der Waals surface area contributed by atoms with Crippen molar-refractivity contribution in [1.82, 2.24) is 15.0 Å². The van der Waals surface area contributed by atoms with Crippen LogP contribution in [0.25, 0.3) is 0 Å². The smallest absolute Gasteiger partial charge is 0.319 e. The molecule has 0 saturated heterocycles. The van der Waals surface area contributed by atoms with Gasteiger partial charge >= 0.3 is 5.69 Å². The highest BCUT2D eigenvalue weighted by Crippen LogP contribution is 2.29. The molecular weight excluding hydrogens is 274 g/mol. The molecule has 0 aliphatic heterocycles. The van der Waals surface area contributed by atoms with Gasteiger partial charge in [0.1, 0.15) is 12.1 Å². The molecule has 4 N–H and O–H groups in total. The fourth-order valence-electron chi connectivity index (χ4n) is 1.32. The molecule has 9 nitrogen and oxygen atoms in total. The summed E-state index contributed by atoms with van der Waals surface area (Å²) in [5.41, 5.74) is 1.76. The Bertz CT molecular complexity index is 604. The minimum Gasteiger partial charge on any atom is -0.319 e. The van der Waals surface area contributed by atoms with Gasteiger partial charge < -0.3 is 10.7 Å². The maximum absolute atomic E-state index is 11.0. The van der Waals surface area contributed by atoms with E-state index >= 15 is 0 Å². The number of nitro groups is 1. The van der Waals surface area contributed by atoms with Crippen molar-refractivity contribution in [3.8, 4) is 0 Å². The summed E-state index contributed by atoms with van der Waals surface area (Å²) in [6.07, 6.45) is 2.54. The summed E-state index contributed by atoms with van der Waals surface area (Å²) < 4.78 is 0. The number of hydrogen-bond acceptors (Lipinski definition) is 8. The number of pyridine rings is 1. The van der Waals surface area contributed by atoms with E-state index < -0.39 is 4.92 Å². The van der Waals surface area contributed by atoms with Crippen molar-refractivity contribution in [3.05, 3.63) is 39.8 Å². The van der Waals surface area contributed by atoms with Gasteiger partial charge in [-0.1, -0.05) is 11.6 Å². The molecule has 98 valence electrons. The zero-order valence-electron chi connectivity index (χ0n) is 9.37. The molecular formula is C9H8ClN7O2. The second-order valence-corrected chi connectivity index (χ2v) is 3.74. The number of nitrogens with one attached hydrogen (secondary N) is 2. The second-order valence-electron chi connectivity index (χ2n) is 3.31. The van der Waals surface area contributed by atoms with Gasteiger partial charge in [0.2, 0.25) is 11.6 Å². The van der Waals surface area contributed by atoms with Crippen LogP contribution in [0.15, 0.2) is 24.7 Å². The number of anilines is 3. The largest absolute Gasteiger partial charge is 0.354 e. The minimum absolute atomic E-state index is 0.0252. The highest BCUT2D eigenvalue weighted by molar-refractivity contribution is 6.30. The summed E-state index contributed by atoms with van der Waals surface area (Å²) in [4.78, 5) is 21.8. The molecule has 0 spiro atoms. The fourth-order valence-corrected chi connectivity index (χ4v) is 1.43. The van der Waals surface area contributed by atoms with Crippen LogP contribution < -0.4 is 16.6 Å². The summed E-state index contributed by atoms with van der Waals surface area (Å²) in [5.74, 6) is 5.40. The molecule has 10 heteroatoms. The second kappa shape index (κ2) is 5.42. The topological polar surface area (TPSA) is 132 Å². The first kappa shape index (κ1) is 12.9. The fraction of sp³-hybridized carbons (Fsp3) is 0. The van der Waals surface area contributed by atoms with Gasteiger partial charge in [0.05, 0.1) is 9.95 Å². The summed E-state index contributed by atoms with van der Waals surface area (Å²) in [7, 11) is 0. The number of aromatic nitrogens is 3. The molecule has 0 radical (unpaired) electrons. The third kappa shape index (κ3) is 2.84. The molecule has 2 aromatic rings. The summed E-state index contributed by atoms with van der Waals surface area (Å²) in [5, 5.41) is 14.1. The van der Waals surface area contributed by atoms with E-state index in [1.807, 2.05) is 0 Å². The first-order valence-electron chi connectivity index (χ1n) is 4.96. The van der Waals surface area contributed by atoms with Gasteiger partial charge in [0.25, 0.3) is 0 Å². The molecule has 0 saturated carbocycles.